The molecule has 3 aromatic carbocycles. The van der Waals surface area contributed by atoms with Crippen molar-refractivity contribution < 1.29 is 27.8 Å². The van der Waals surface area contributed by atoms with E-state index >= 15 is 0 Å². The molecule has 0 aromatic heterocycles. The number of urea groups is 1. The van der Waals surface area contributed by atoms with Gasteiger partial charge in [-0.25, -0.2) is 18.0 Å². The maximum Gasteiger partial charge on any atom is 0.326 e. The third-order valence-corrected chi connectivity index (χ3v) is 5.28. The Morgan fingerprint density at radius 3 is 2.44 bits per heavy atom. The number of amides is 2. The fourth-order valence-electron chi connectivity index (χ4n) is 3.45. The van der Waals surface area contributed by atoms with Crippen molar-refractivity contribution in [1.82, 2.24) is 0 Å². The van der Waals surface area contributed by atoms with E-state index in [0.717, 1.165) is 23.8 Å². The first-order chi connectivity index (χ1) is 15.1. The first kappa shape index (κ1) is 21.7. The van der Waals surface area contributed by atoms with Gasteiger partial charge in [0, 0.05) is 11.8 Å². The molecule has 0 atom stereocenters. The predicted molar refractivity (Wildman–Crippen MR) is 114 cm³/mol. The lowest BCUT2D eigenvalue weighted by molar-refractivity contribution is 0.0786. The lowest BCUT2D eigenvalue weighted by Crippen LogP contribution is -2.39. The van der Waals surface area contributed by atoms with Gasteiger partial charge in [0.2, 0.25) is 0 Å². The number of aliphatic hydroxyl groups is 1. The van der Waals surface area contributed by atoms with E-state index in [1.807, 2.05) is 0 Å². The molecule has 0 aliphatic carbocycles. The van der Waals surface area contributed by atoms with E-state index in [2.05, 4.69) is 5.32 Å². The zero-order chi connectivity index (χ0) is 23.0. The second-order valence-electron chi connectivity index (χ2n) is 8.05. The molecule has 1 aliphatic rings. The Bertz CT molecular complexity index is 1170. The van der Waals surface area contributed by atoms with E-state index in [1.165, 1.54) is 23.1 Å². The number of fused-ring (bicyclic) bond motifs is 1. The molecule has 0 radical (unpaired) electrons. The van der Waals surface area contributed by atoms with Crippen molar-refractivity contribution in [3.05, 3.63) is 88.7 Å². The van der Waals surface area contributed by atoms with Crippen molar-refractivity contribution in [3.8, 4) is 5.75 Å². The van der Waals surface area contributed by atoms with Gasteiger partial charge >= 0.3 is 6.03 Å². The highest BCUT2D eigenvalue weighted by Gasteiger charge is 2.28. The van der Waals surface area contributed by atoms with Crippen LogP contribution in [0.5, 0.6) is 5.75 Å². The molecule has 0 saturated carbocycles. The molecule has 2 N–H and O–H groups in total. The Morgan fingerprint density at radius 2 is 1.75 bits per heavy atom. The van der Waals surface area contributed by atoms with Crippen LogP contribution in [0.2, 0.25) is 0 Å². The molecular weight excluding hydrogens is 421 g/mol. The summed E-state index contributed by atoms with van der Waals surface area (Å²) in [5.41, 5.74) is 0.543. The van der Waals surface area contributed by atoms with Crippen LogP contribution < -0.4 is 15.0 Å². The summed E-state index contributed by atoms with van der Waals surface area (Å²) in [6.45, 7) is 2.98. The highest BCUT2D eigenvalue weighted by molar-refractivity contribution is 6.04. The van der Waals surface area contributed by atoms with Gasteiger partial charge in [-0.05, 0) is 55.3 Å². The third kappa shape index (κ3) is 4.27. The number of ether oxygens (including phenoxy) is 1. The number of benzene rings is 3. The molecule has 0 fully saturated rings. The van der Waals surface area contributed by atoms with Crippen molar-refractivity contribution in [2.45, 2.75) is 32.6 Å². The van der Waals surface area contributed by atoms with Crippen molar-refractivity contribution in [2.75, 3.05) is 10.2 Å². The van der Waals surface area contributed by atoms with Crippen LogP contribution in [0.15, 0.2) is 54.6 Å². The molecule has 8 heteroatoms. The van der Waals surface area contributed by atoms with E-state index in [-0.39, 0.29) is 23.5 Å². The summed E-state index contributed by atoms with van der Waals surface area (Å²) < 4.78 is 47.7. The fraction of sp³-hybridized carbons (Fsp3) is 0.208. The Kier molecular flexibility index (Phi) is 5.56. The van der Waals surface area contributed by atoms with Crippen molar-refractivity contribution in [3.63, 3.8) is 0 Å². The van der Waals surface area contributed by atoms with E-state index in [1.54, 1.807) is 32.0 Å². The molecule has 1 aliphatic heterocycles. The summed E-state index contributed by atoms with van der Waals surface area (Å²) >= 11 is 0. The van der Waals surface area contributed by atoms with Crippen LogP contribution in [0.4, 0.5) is 29.3 Å². The number of anilines is 2. The van der Waals surface area contributed by atoms with E-state index in [4.69, 9.17) is 4.74 Å². The summed E-state index contributed by atoms with van der Waals surface area (Å²) in [7, 11) is 0. The van der Waals surface area contributed by atoms with Gasteiger partial charge in [0.1, 0.15) is 29.8 Å². The summed E-state index contributed by atoms with van der Waals surface area (Å²) in [6, 6.07) is 11.9. The van der Waals surface area contributed by atoms with Crippen molar-refractivity contribution in [2.24, 2.45) is 0 Å². The van der Waals surface area contributed by atoms with Crippen LogP contribution in [-0.4, -0.2) is 11.1 Å². The number of nitrogens with one attached hydrogen (secondary N) is 1. The molecule has 0 unspecified atom stereocenters. The summed E-state index contributed by atoms with van der Waals surface area (Å²) in [6.07, 6.45) is 0. The molecule has 4 rings (SSSR count). The average molecular weight is 442 g/mol. The van der Waals surface area contributed by atoms with Crippen LogP contribution in [0.1, 0.15) is 30.5 Å². The Morgan fingerprint density at radius 1 is 1.03 bits per heavy atom. The molecule has 3 aromatic rings. The first-order valence-corrected chi connectivity index (χ1v) is 9.93. The molecule has 1 heterocycles. The maximum atomic E-state index is 14.6. The standard InChI is InChI=1S/C24H21F3N2O3/c1-24(2,31)15-7-6-14-12-29(23(30)28-21(14)10-15)22-11-16(8-9-20(22)27)32-13-17-18(25)4-3-5-19(17)26/h3-11,31H,12-13H2,1-2H3,(H,28,30). The van der Waals surface area contributed by atoms with Crippen LogP contribution in [0.3, 0.4) is 0 Å². The second kappa shape index (κ2) is 8.20. The lowest BCUT2D eigenvalue weighted by Gasteiger charge is -2.31. The van der Waals surface area contributed by atoms with Gasteiger partial charge in [-0.1, -0.05) is 18.2 Å². The van der Waals surface area contributed by atoms with Gasteiger partial charge in [0.05, 0.1) is 23.4 Å². The number of halogens is 3. The zero-order valence-corrected chi connectivity index (χ0v) is 17.5. The number of carbonyl (C=O) groups excluding carboxylic acids is 1. The van der Waals surface area contributed by atoms with Gasteiger partial charge in [-0.15, -0.1) is 0 Å². The maximum absolute atomic E-state index is 14.6. The number of hydrogen-bond donors (Lipinski definition) is 2. The zero-order valence-electron chi connectivity index (χ0n) is 17.5. The number of carbonyl (C=O) groups is 1. The largest absolute Gasteiger partial charge is 0.489 e. The minimum Gasteiger partial charge on any atom is -0.489 e. The third-order valence-electron chi connectivity index (χ3n) is 5.28. The quantitative estimate of drug-likeness (QED) is 0.552. The van der Waals surface area contributed by atoms with Gasteiger partial charge in [-0.2, -0.15) is 0 Å². The van der Waals surface area contributed by atoms with Gasteiger partial charge < -0.3 is 15.2 Å². The highest BCUT2D eigenvalue weighted by Crippen LogP contribution is 2.34. The Hall–Kier alpha value is -3.52. The summed E-state index contributed by atoms with van der Waals surface area (Å²) in [4.78, 5) is 13.9. The number of rotatable bonds is 5. The topological polar surface area (TPSA) is 61.8 Å². The molecule has 166 valence electrons. The van der Waals surface area contributed by atoms with Crippen LogP contribution in [0.25, 0.3) is 0 Å². The van der Waals surface area contributed by atoms with E-state index in [0.29, 0.717) is 11.3 Å². The minimum atomic E-state index is -1.08. The van der Waals surface area contributed by atoms with Gasteiger partial charge in [-0.3, -0.25) is 4.90 Å². The summed E-state index contributed by atoms with van der Waals surface area (Å²) in [5, 5.41) is 12.9. The van der Waals surface area contributed by atoms with Crippen molar-refractivity contribution in [1.29, 1.82) is 0 Å². The van der Waals surface area contributed by atoms with Crippen LogP contribution in [-0.2, 0) is 18.8 Å². The monoisotopic (exact) mass is 442 g/mol. The normalized spacial score (nSPS) is 13.6. The van der Waals surface area contributed by atoms with Gasteiger partial charge in [0.15, 0.2) is 0 Å². The van der Waals surface area contributed by atoms with Crippen molar-refractivity contribution >= 4 is 17.4 Å². The smallest absolute Gasteiger partial charge is 0.326 e. The summed E-state index contributed by atoms with van der Waals surface area (Å²) in [5.74, 6) is -1.99. The number of nitrogens with zero attached hydrogens (tertiary/aromatic N) is 1. The predicted octanol–water partition coefficient (Wildman–Crippen LogP) is 5.46. The average Bonchev–Trinajstić information content (AvgIpc) is 2.73. The van der Waals surface area contributed by atoms with Crippen LogP contribution >= 0.6 is 0 Å². The molecule has 5 nitrogen and oxygen atoms in total. The SMILES string of the molecule is CC(C)(O)c1ccc2c(c1)NC(=O)N(c1cc(OCc3c(F)cccc3F)ccc1F)C2. The van der Waals surface area contributed by atoms with E-state index < -0.39 is 35.7 Å². The second-order valence-corrected chi connectivity index (χ2v) is 8.05. The molecule has 2 amide bonds. The highest BCUT2D eigenvalue weighted by atomic mass is 19.1. The Balaban J connectivity index is 1.58. The van der Waals surface area contributed by atoms with Crippen LogP contribution in [0, 0.1) is 17.5 Å². The van der Waals surface area contributed by atoms with E-state index in [9.17, 15) is 23.1 Å². The molecule has 0 bridgehead atoms. The molecular formula is C24H21F3N2O3. The molecule has 32 heavy (non-hydrogen) atoms. The first-order valence-electron chi connectivity index (χ1n) is 9.93. The lowest BCUT2D eigenvalue weighted by atomic mass is 9.95. The number of hydrogen-bond acceptors (Lipinski definition) is 3. The minimum absolute atomic E-state index is 0.0359. The Labute approximate surface area is 183 Å². The van der Waals surface area contributed by atoms with Gasteiger partial charge in [0.25, 0.3) is 0 Å². The molecule has 0 saturated heterocycles. The molecule has 0 spiro atoms. The fourth-order valence-corrected chi connectivity index (χ4v) is 3.45.